The van der Waals surface area contributed by atoms with Crippen LogP contribution in [0.3, 0.4) is 0 Å². The molecule has 4 nitrogen and oxygen atoms in total. The molecule has 0 bridgehead atoms. The van der Waals surface area contributed by atoms with Gasteiger partial charge in [0, 0.05) is 57.2 Å². The number of rotatable bonds is 3. The van der Waals surface area contributed by atoms with Crippen LogP contribution < -0.4 is 10.2 Å². The molecular weight excluding hydrogens is 236 g/mol. The van der Waals surface area contributed by atoms with Crippen LogP contribution in [0.25, 0.3) is 0 Å². The molecule has 2 heterocycles. The van der Waals surface area contributed by atoms with E-state index >= 15 is 0 Å². The number of benzene rings is 1. The van der Waals surface area contributed by atoms with E-state index in [9.17, 15) is 0 Å². The van der Waals surface area contributed by atoms with Gasteiger partial charge in [0.15, 0.2) is 0 Å². The summed E-state index contributed by atoms with van der Waals surface area (Å²) in [5.41, 5.74) is 4.05. The summed E-state index contributed by atoms with van der Waals surface area (Å²) in [4.78, 5) is 2.47. The summed E-state index contributed by atoms with van der Waals surface area (Å²) in [6.45, 7) is 4.12. The topological polar surface area (TPSA) is 33.1 Å². The van der Waals surface area contributed by atoms with Crippen molar-refractivity contribution in [1.29, 1.82) is 0 Å². The Kier molecular flexibility index (Phi) is 3.51. The van der Waals surface area contributed by atoms with Crippen LogP contribution in [0.5, 0.6) is 0 Å². The third-order valence-electron chi connectivity index (χ3n) is 3.77. The fourth-order valence-electron chi connectivity index (χ4n) is 2.65. The Hall–Kier alpha value is -1.81. The number of hydrogen-bond acceptors (Lipinski definition) is 3. The van der Waals surface area contributed by atoms with Gasteiger partial charge in [-0.15, -0.1) is 0 Å². The molecule has 0 radical (unpaired) electrons. The fraction of sp³-hybridized carbons (Fsp3) is 0.400. The predicted molar refractivity (Wildman–Crippen MR) is 77.3 cm³/mol. The summed E-state index contributed by atoms with van der Waals surface area (Å²) in [5.74, 6) is 0. The zero-order valence-electron chi connectivity index (χ0n) is 11.3. The lowest BCUT2D eigenvalue weighted by atomic mass is 10.1. The second-order valence-corrected chi connectivity index (χ2v) is 4.99. The van der Waals surface area contributed by atoms with Crippen LogP contribution in [0, 0.1) is 0 Å². The van der Waals surface area contributed by atoms with Crippen LogP contribution in [0.2, 0.25) is 0 Å². The van der Waals surface area contributed by atoms with E-state index in [0.717, 1.165) is 32.6 Å². The predicted octanol–water partition coefficient (Wildman–Crippen LogP) is 1.57. The number of fused-ring (bicyclic) bond motifs is 1. The van der Waals surface area contributed by atoms with Crippen molar-refractivity contribution in [1.82, 2.24) is 15.1 Å². The highest BCUT2D eigenvalue weighted by molar-refractivity contribution is 5.54. The molecule has 4 heteroatoms. The number of aromatic nitrogens is 2. The number of para-hydroxylation sites is 1. The van der Waals surface area contributed by atoms with Crippen molar-refractivity contribution in [3.63, 3.8) is 0 Å². The zero-order chi connectivity index (χ0) is 13.1. The van der Waals surface area contributed by atoms with Crippen molar-refractivity contribution >= 4 is 5.69 Å². The molecule has 0 unspecified atom stereocenters. The SMILES string of the molecule is Cn1nccc1CCN1CCNCc2ccccc21. The minimum Gasteiger partial charge on any atom is -0.370 e. The highest BCUT2D eigenvalue weighted by atomic mass is 15.3. The zero-order valence-corrected chi connectivity index (χ0v) is 11.3. The van der Waals surface area contributed by atoms with Crippen LogP contribution in [-0.2, 0) is 20.0 Å². The molecule has 0 amide bonds. The summed E-state index contributed by atoms with van der Waals surface area (Å²) in [5, 5.41) is 7.71. The maximum atomic E-state index is 4.23. The Balaban J connectivity index is 1.75. The van der Waals surface area contributed by atoms with Crippen molar-refractivity contribution < 1.29 is 0 Å². The van der Waals surface area contributed by atoms with Gasteiger partial charge in [-0.05, 0) is 17.7 Å². The molecule has 0 aliphatic carbocycles. The molecule has 1 aliphatic rings. The molecule has 3 rings (SSSR count). The average Bonchev–Trinajstić information content (AvgIpc) is 2.73. The van der Waals surface area contributed by atoms with E-state index in [1.54, 1.807) is 0 Å². The van der Waals surface area contributed by atoms with Crippen molar-refractivity contribution in [2.24, 2.45) is 7.05 Å². The van der Waals surface area contributed by atoms with Crippen molar-refractivity contribution in [3.8, 4) is 0 Å². The largest absolute Gasteiger partial charge is 0.370 e. The second-order valence-electron chi connectivity index (χ2n) is 4.99. The number of nitrogens with zero attached hydrogens (tertiary/aromatic N) is 3. The highest BCUT2D eigenvalue weighted by Crippen LogP contribution is 2.22. The fourth-order valence-corrected chi connectivity index (χ4v) is 2.65. The lowest BCUT2D eigenvalue weighted by Gasteiger charge is -2.24. The Morgan fingerprint density at radius 2 is 2.16 bits per heavy atom. The molecule has 100 valence electrons. The molecule has 1 aromatic heterocycles. The first-order valence-corrected chi connectivity index (χ1v) is 6.85. The first-order valence-electron chi connectivity index (χ1n) is 6.85. The van der Waals surface area contributed by atoms with Gasteiger partial charge in [-0.1, -0.05) is 18.2 Å². The quantitative estimate of drug-likeness (QED) is 0.905. The summed E-state index contributed by atoms with van der Waals surface area (Å²) in [6.07, 6.45) is 2.90. The minimum absolute atomic E-state index is 0.971. The molecule has 0 atom stereocenters. The Morgan fingerprint density at radius 3 is 3.00 bits per heavy atom. The third kappa shape index (κ3) is 2.63. The molecule has 2 aromatic rings. The van der Waals surface area contributed by atoms with Crippen molar-refractivity contribution in [2.75, 3.05) is 24.5 Å². The highest BCUT2D eigenvalue weighted by Gasteiger charge is 2.14. The molecule has 1 aliphatic heterocycles. The van der Waals surface area contributed by atoms with Gasteiger partial charge in [-0.3, -0.25) is 4.68 Å². The lowest BCUT2D eigenvalue weighted by Crippen LogP contribution is -2.31. The summed E-state index contributed by atoms with van der Waals surface area (Å²) in [7, 11) is 2.01. The average molecular weight is 256 g/mol. The number of aryl methyl sites for hydroxylation is 1. The minimum atomic E-state index is 0.971. The Bertz CT molecular complexity index is 547. The monoisotopic (exact) mass is 256 g/mol. The van der Waals surface area contributed by atoms with Crippen LogP contribution in [0.4, 0.5) is 5.69 Å². The van der Waals surface area contributed by atoms with Crippen LogP contribution in [0.1, 0.15) is 11.3 Å². The van der Waals surface area contributed by atoms with E-state index in [4.69, 9.17) is 0 Å². The number of nitrogens with one attached hydrogen (secondary N) is 1. The molecule has 0 fully saturated rings. The molecule has 19 heavy (non-hydrogen) atoms. The van der Waals surface area contributed by atoms with Gasteiger partial charge in [-0.25, -0.2) is 0 Å². The van der Waals surface area contributed by atoms with E-state index in [-0.39, 0.29) is 0 Å². The van der Waals surface area contributed by atoms with E-state index in [0.29, 0.717) is 0 Å². The van der Waals surface area contributed by atoms with Crippen molar-refractivity contribution in [2.45, 2.75) is 13.0 Å². The first kappa shape index (κ1) is 12.2. The maximum absolute atomic E-state index is 4.23. The Morgan fingerprint density at radius 1 is 1.26 bits per heavy atom. The standard InChI is InChI=1S/C15H20N4/c1-18-14(6-8-17-18)7-10-19-11-9-16-12-13-4-2-3-5-15(13)19/h2-6,8,16H,7,9-12H2,1H3. The van der Waals surface area contributed by atoms with Gasteiger partial charge in [-0.2, -0.15) is 5.10 Å². The summed E-state index contributed by atoms with van der Waals surface area (Å²) >= 11 is 0. The molecule has 1 N–H and O–H groups in total. The van der Waals surface area contributed by atoms with Gasteiger partial charge in [0.05, 0.1) is 0 Å². The molecule has 0 spiro atoms. The smallest absolute Gasteiger partial charge is 0.0492 e. The van der Waals surface area contributed by atoms with Crippen LogP contribution in [-0.4, -0.2) is 29.4 Å². The summed E-state index contributed by atoms with van der Waals surface area (Å²) in [6, 6.07) is 10.8. The maximum Gasteiger partial charge on any atom is 0.0492 e. The molecular formula is C15H20N4. The Labute approximate surface area is 114 Å². The van der Waals surface area contributed by atoms with Crippen LogP contribution >= 0.6 is 0 Å². The van der Waals surface area contributed by atoms with Crippen LogP contribution in [0.15, 0.2) is 36.5 Å². The van der Waals surface area contributed by atoms with E-state index in [1.807, 2.05) is 17.9 Å². The van der Waals surface area contributed by atoms with Crippen molar-refractivity contribution in [3.05, 3.63) is 47.8 Å². The van der Waals surface area contributed by atoms with E-state index in [1.165, 1.54) is 16.9 Å². The number of hydrogen-bond donors (Lipinski definition) is 1. The molecule has 1 aromatic carbocycles. The summed E-state index contributed by atoms with van der Waals surface area (Å²) < 4.78 is 1.96. The molecule has 0 saturated carbocycles. The lowest BCUT2D eigenvalue weighted by molar-refractivity contribution is 0.665. The van der Waals surface area contributed by atoms with E-state index < -0.39 is 0 Å². The second kappa shape index (κ2) is 5.45. The molecule has 0 saturated heterocycles. The van der Waals surface area contributed by atoms with Gasteiger partial charge >= 0.3 is 0 Å². The third-order valence-corrected chi connectivity index (χ3v) is 3.77. The first-order chi connectivity index (χ1) is 9.34. The normalized spacial score (nSPS) is 15.1. The van der Waals surface area contributed by atoms with Gasteiger partial charge in [0.25, 0.3) is 0 Å². The van der Waals surface area contributed by atoms with E-state index in [2.05, 4.69) is 45.6 Å². The van der Waals surface area contributed by atoms with Gasteiger partial charge in [0.1, 0.15) is 0 Å². The van der Waals surface area contributed by atoms with Gasteiger partial charge in [0.2, 0.25) is 0 Å². The van der Waals surface area contributed by atoms with Gasteiger partial charge < -0.3 is 10.2 Å². The number of anilines is 1.